The molecule has 2 aliphatic heterocycles. The minimum Gasteiger partial charge on any atom is -0.337 e. The number of likely N-dealkylation sites (tertiary alicyclic amines) is 1. The molecule has 0 radical (unpaired) electrons. The lowest BCUT2D eigenvalue weighted by Gasteiger charge is -2.32. The van der Waals surface area contributed by atoms with E-state index in [-0.39, 0.29) is 30.7 Å². The number of nitrogens with one attached hydrogen (secondary N) is 1. The molecule has 2 saturated heterocycles. The van der Waals surface area contributed by atoms with Crippen LogP contribution in [0.4, 0.5) is 0 Å². The number of rotatable bonds is 3. The van der Waals surface area contributed by atoms with Crippen LogP contribution < -0.4 is 5.32 Å². The quantitative estimate of drug-likeness (QED) is 0.858. The molecule has 0 spiro atoms. The summed E-state index contributed by atoms with van der Waals surface area (Å²) in [5.41, 5.74) is 1.72. The van der Waals surface area contributed by atoms with E-state index < -0.39 is 0 Å². The molecule has 1 atom stereocenters. The van der Waals surface area contributed by atoms with E-state index in [1.54, 1.807) is 12.5 Å². The third-order valence-corrected chi connectivity index (χ3v) is 5.01. The molecule has 2 fully saturated rings. The molecule has 1 amide bonds. The van der Waals surface area contributed by atoms with Crippen molar-refractivity contribution in [1.82, 2.24) is 24.7 Å². The molecule has 0 saturated carbocycles. The third-order valence-electron chi connectivity index (χ3n) is 5.01. The average molecular weight is 398 g/mol. The van der Waals surface area contributed by atoms with Crippen molar-refractivity contribution in [3.8, 4) is 5.69 Å². The first kappa shape index (κ1) is 20.7. The van der Waals surface area contributed by atoms with Gasteiger partial charge in [-0.15, -0.1) is 24.8 Å². The van der Waals surface area contributed by atoms with Crippen LogP contribution in [0.25, 0.3) is 5.69 Å². The Morgan fingerprint density at radius 2 is 1.96 bits per heavy atom. The summed E-state index contributed by atoms with van der Waals surface area (Å²) in [7, 11) is 0. The summed E-state index contributed by atoms with van der Waals surface area (Å²) >= 11 is 0. The van der Waals surface area contributed by atoms with Gasteiger partial charge in [-0.25, -0.2) is 4.98 Å². The van der Waals surface area contributed by atoms with E-state index in [2.05, 4.69) is 15.2 Å². The standard InChI is InChI=1S/C18H23N5O.2ClH/c24-18(15-2-1-3-16(12-15)23-11-7-20-14-23)22-8-4-17(13-22)21-9-5-19-6-10-21;;/h1-3,7,11-12,14,17,19H,4-6,8-10,13H2;2*1H. The number of imidazole rings is 1. The fourth-order valence-corrected chi connectivity index (χ4v) is 3.67. The van der Waals surface area contributed by atoms with Gasteiger partial charge in [0.2, 0.25) is 0 Å². The summed E-state index contributed by atoms with van der Waals surface area (Å²) in [5, 5.41) is 3.39. The largest absolute Gasteiger partial charge is 0.337 e. The number of benzene rings is 1. The monoisotopic (exact) mass is 397 g/mol. The normalized spacial score (nSPS) is 20.3. The molecule has 1 N–H and O–H groups in total. The van der Waals surface area contributed by atoms with Gasteiger partial charge in [-0.2, -0.15) is 0 Å². The summed E-state index contributed by atoms with van der Waals surface area (Å²) in [6, 6.07) is 8.29. The molecule has 142 valence electrons. The summed E-state index contributed by atoms with van der Waals surface area (Å²) in [4.78, 5) is 21.5. The maximum Gasteiger partial charge on any atom is 0.253 e. The van der Waals surface area contributed by atoms with Crippen molar-refractivity contribution in [3.63, 3.8) is 0 Å². The first-order valence-electron chi connectivity index (χ1n) is 8.64. The van der Waals surface area contributed by atoms with Crippen molar-refractivity contribution in [2.75, 3.05) is 39.3 Å². The molecule has 8 heteroatoms. The number of aromatic nitrogens is 2. The van der Waals surface area contributed by atoms with Crippen LogP contribution in [0.15, 0.2) is 43.0 Å². The number of hydrogen-bond donors (Lipinski definition) is 1. The van der Waals surface area contributed by atoms with Gasteiger partial charge in [0, 0.05) is 69.0 Å². The van der Waals surface area contributed by atoms with E-state index in [1.165, 1.54) is 0 Å². The summed E-state index contributed by atoms with van der Waals surface area (Å²) in [5.74, 6) is 0.134. The van der Waals surface area contributed by atoms with Crippen molar-refractivity contribution < 1.29 is 4.79 Å². The molecular weight excluding hydrogens is 373 g/mol. The number of hydrogen-bond acceptors (Lipinski definition) is 4. The van der Waals surface area contributed by atoms with Crippen molar-refractivity contribution in [1.29, 1.82) is 0 Å². The molecular formula is C18H25Cl2N5O. The van der Waals surface area contributed by atoms with Crippen LogP contribution in [0.2, 0.25) is 0 Å². The molecule has 26 heavy (non-hydrogen) atoms. The van der Waals surface area contributed by atoms with Crippen molar-refractivity contribution >= 4 is 30.7 Å². The molecule has 0 aliphatic carbocycles. The second kappa shape index (κ2) is 9.37. The van der Waals surface area contributed by atoms with E-state index in [9.17, 15) is 4.79 Å². The highest BCUT2D eigenvalue weighted by atomic mass is 35.5. The number of nitrogens with zero attached hydrogens (tertiary/aromatic N) is 4. The highest BCUT2D eigenvalue weighted by Crippen LogP contribution is 2.20. The third kappa shape index (κ3) is 4.38. The zero-order valence-corrected chi connectivity index (χ0v) is 16.2. The second-order valence-electron chi connectivity index (χ2n) is 6.50. The number of amides is 1. The zero-order chi connectivity index (χ0) is 16.4. The van der Waals surface area contributed by atoms with E-state index in [4.69, 9.17) is 0 Å². The SMILES string of the molecule is Cl.Cl.O=C(c1cccc(-n2ccnc2)c1)N1CCC(N2CCNCC2)C1. The topological polar surface area (TPSA) is 53.4 Å². The number of piperazine rings is 1. The highest BCUT2D eigenvalue weighted by Gasteiger charge is 2.31. The first-order valence-corrected chi connectivity index (χ1v) is 8.64. The Bertz CT molecular complexity index is 703. The molecule has 1 aromatic heterocycles. The molecule has 1 unspecified atom stereocenters. The van der Waals surface area contributed by atoms with E-state index in [0.717, 1.165) is 56.9 Å². The molecule has 4 rings (SSSR count). The van der Waals surface area contributed by atoms with Crippen molar-refractivity contribution in [3.05, 3.63) is 48.5 Å². The minimum absolute atomic E-state index is 0. The van der Waals surface area contributed by atoms with Gasteiger partial charge in [0.05, 0.1) is 6.33 Å². The molecule has 6 nitrogen and oxygen atoms in total. The Hall–Kier alpha value is -1.60. The smallest absolute Gasteiger partial charge is 0.253 e. The second-order valence-corrected chi connectivity index (χ2v) is 6.50. The van der Waals surface area contributed by atoms with Crippen LogP contribution in [0, 0.1) is 0 Å². The Balaban J connectivity index is 0.00000121. The average Bonchev–Trinajstić information content (AvgIpc) is 3.34. The van der Waals surface area contributed by atoms with Gasteiger partial charge in [0.1, 0.15) is 0 Å². The van der Waals surface area contributed by atoms with Gasteiger partial charge < -0.3 is 14.8 Å². The maximum atomic E-state index is 12.9. The number of carbonyl (C=O) groups is 1. The summed E-state index contributed by atoms with van der Waals surface area (Å²) < 4.78 is 1.92. The lowest BCUT2D eigenvalue weighted by molar-refractivity contribution is 0.0773. The predicted molar refractivity (Wildman–Crippen MR) is 107 cm³/mol. The Morgan fingerprint density at radius 1 is 1.15 bits per heavy atom. The highest BCUT2D eigenvalue weighted by molar-refractivity contribution is 5.95. The minimum atomic E-state index is 0. The number of carbonyl (C=O) groups excluding carboxylic acids is 1. The zero-order valence-electron chi connectivity index (χ0n) is 14.6. The van der Waals surface area contributed by atoms with Crippen LogP contribution in [0.5, 0.6) is 0 Å². The molecule has 2 aromatic rings. The van der Waals surface area contributed by atoms with Crippen LogP contribution in [0.1, 0.15) is 16.8 Å². The van der Waals surface area contributed by atoms with Gasteiger partial charge >= 0.3 is 0 Å². The summed E-state index contributed by atoms with van der Waals surface area (Å²) in [6.45, 7) is 5.97. The molecule has 0 bridgehead atoms. The van der Waals surface area contributed by atoms with Gasteiger partial charge in [0.25, 0.3) is 5.91 Å². The Kier molecular flexibility index (Phi) is 7.46. The first-order chi connectivity index (χ1) is 11.8. The lowest BCUT2D eigenvalue weighted by atomic mass is 10.1. The molecule has 2 aliphatic rings. The van der Waals surface area contributed by atoms with Gasteiger partial charge in [-0.3, -0.25) is 9.69 Å². The Labute approximate surface area is 166 Å². The van der Waals surface area contributed by atoms with Gasteiger partial charge in [-0.1, -0.05) is 6.07 Å². The van der Waals surface area contributed by atoms with Crippen LogP contribution in [-0.4, -0.2) is 70.6 Å². The number of halogens is 2. The molecule has 3 heterocycles. The maximum absolute atomic E-state index is 12.9. The van der Waals surface area contributed by atoms with E-state index >= 15 is 0 Å². The van der Waals surface area contributed by atoms with Gasteiger partial charge in [-0.05, 0) is 24.6 Å². The van der Waals surface area contributed by atoms with Crippen LogP contribution in [-0.2, 0) is 0 Å². The lowest BCUT2D eigenvalue weighted by Crippen LogP contribution is -2.49. The van der Waals surface area contributed by atoms with Crippen molar-refractivity contribution in [2.24, 2.45) is 0 Å². The van der Waals surface area contributed by atoms with E-state index in [1.807, 2.05) is 39.9 Å². The van der Waals surface area contributed by atoms with E-state index in [0.29, 0.717) is 6.04 Å². The van der Waals surface area contributed by atoms with Crippen LogP contribution >= 0.6 is 24.8 Å². The fourth-order valence-electron chi connectivity index (χ4n) is 3.67. The van der Waals surface area contributed by atoms with Crippen molar-refractivity contribution in [2.45, 2.75) is 12.5 Å². The predicted octanol–water partition coefficient (Wildman–Crippen LogP) is 1.84. The fraction of sp³-hybridized carbons (Fsp3) is 0.444. The molecule has 1 aromatic carbocycles. The van der Waals surface area contributed by atoms with Crippen LogP contribution in [0.3, 0.4) is 0 Å². The van der Waals surface area contributed by atoms with Gasteiger partial charge in [0.15, 0.2) is 0 Å². The summed E-state index contributed by atoms with van der Waals surface area (Å²) in [6.07, 6.45) is 6.46. The Morgan fingerprint density at radius 3 is 2.69 bits per heavy atom.